The lowest BCUT2D eigenvalue weighted by atomic mass is 10.2. The van der Waals surface area contributed by atoms with Crippen LogP contribution in [0, 0.1) is 0 Å². The van der Waals surface area contributed by atoms with Crippen molar-refractivity contribution in [2.24, 2.45) is 4.99 Å². The Labute approximate surface area is 190 Å². The summed E-state index contributed by atoms with van der Waals surface area (Å²) >= 11 is 1.38. The topological polar surface area (TPSA) is 90.2 Å². The zero-order chi connectivity index (χ0) is 22.7. The van der Waals surface area contributed by atoms with E-state index in [1.807, 2.05) is 22.8 Å². The largest absolute Gasteiger partial charge is 0.497 e. The van der Waals surface area contributed by atoms with Gasteiger partial charge in [-0.1, -0.05) is 17.4 Å². The molecule has 0 spiro atoms. The van der Waals surface area contributed by atoms with Crippen molar-refractivity contribution >= 4 is 37.5 Å². The van der Waals surface area contributed by atoms with Crippen molar-refractivity contribution in [3.8, 4) is 5.75 Å². The van der Waals surface area contributed by atoms with E-state index in [0.29, 0.717) is 43.2 Å². The van der Waals surface area contributed by atoms with Gasteiger partial charge < -0.3 is 14.0 Å². The van der Waals surface area contributed by atoms with E-state index in [-0.39, 0.29) is 4.90 Å². The summed E-state index contributed by atoms with van der Waals surface area (Å²) in [6.45, 7) is 5.67. The van der Waals surface area contributed by atoms with Crippen LogP contribution in [0.3, 0.4) is 0 Å². The lowest BCUT2D eigenvalue weighted by molar-refractivity contribution is 0.0730. The molecule has 10 heteroatoms. The van der Waals surface area contributed by atoms with Crippen molar-refractivity contribution in [1.82, 2.24) is 8.87 Å². The number of benzene rings is 2. The fraction of sp³-hybridized carbons (Fsp3) is 0.273. The Morgan fingerprint density at radius 3 is 2.59 bits per heavy atom. The normalized spacial score (nSPS) is 15.7. The smallest absolute Gasteiger partial charge is 0.279 e. The minimum atomic E-state index is -3.61. The van der Waals surface area contributed by atoms with Gasteiger partial charge in [-0.3, -0.25) is 4.79 Å². The molecule has 4 rings (SSSR count). The average Bonchev–Trinajstić information content (AvgIpc) is 3.16. The molecule has 0 unspecified atom stereocenters. The van der Waals surface area contributed by atoms with Crippen LogP contribution in [-0.2, 0) is 21.3 Å². The first-order valence-electron chi connectivity index (χ1n) is 9.99. The summed E-state index contributed by atoms with van der Waals surface area (Å²) in [6, 6.07) is 11.5. The number of hydrogen-bond donors (Lipinski definition) is 0. The van der Waals surface area contributed by atoms with E-state index >= 15 is 0 Å². The number of carbonyl (C=O) groups is 1. The Bertz CT molecular complexity index is 1320. The molecule has 0 saturated carbocycles. The maximum atomic E-state index is 12.8. The molecule has 2 aromatic carbocycles. The number of amides is 1. The highest BCUT2D eigenvalue weighted by molar-refractivity contribution is 7.89. The molecule has 2 heterocycles. The Morgan fingerprint density at radius 2 is 1.94 bits per heavy atom. The molecule has 3 aromatic rings. The zero-order valence-electron chi connectivity index (χ0n) is 17.6. The number of rotatable bonds is 6. The SMILES string of the molecule is C=CCn1c(=NC(=O)c2ccc(S(=O)(=O)N3CCOCC3)cc2)sc2cc(OC)ccc21. The van der Waals surface area contributed by atoms with Gasteiger partial charge in [-0.25, -0.2) is 8.42 Å². The van der Waals surface area contributed by atoms with Crippen LogP contribution in [0.4, 0.5) is 0 Å². The van der Waals surface area contributed by atoms with E-state index in [1.54, 1.807) is 13.2 Å². The number of nitrogens with zero attached hydrogens (tertiary/aromatic N) is 3. The maximum absolute atomic E-state index is 12.8. The van der Waals surface area contributed by atoms with Gasteiger partial charge >= 0.3 is 0 Å². The van der Waals surface area contributed by atoms with Crippen molar-refractivity contribution in [2.45, 2.75) is 11.4 Å². The van der Waals surface area contributed by atoms with Crippen molar-refractivity contribution < 1.29 is 22.7 Å². The number of sulfonamides is 1. The molecule has 1 aromatic heterocycles. The Hall–Kier alpha value is -2.79. The van der Waals surface area contributed by atoms with Crippen LogP contribution in [-0.4, -0.2) is 56.6 Å². The molecule has 32 heavy (non-hydrogen) atoms. The second-order valence-electron chi connectivity index (χ2n) is 7.08. The summed E-state index contributed by atoms with van der Waals surface area (Å²) in [4.78, 5) is 17.8. The number of morpholine rings is 1. The highest BCUT2D eigenvalue weighted by Crippen LogP contribution is 2.23. The third-order valence-electron chi connectivity index (χ3n) is 5.11. The number of methoxy groups -OCH3 is 1. The van der Waals surface area contributed by atoms with Gasteiger partial charge in [-0.05, 0) is 42.5 Å². The third kappa shape index (κ3) is 4.40. The number of fused-ring (bicyclic) bond motifs is 1. The molecule has 0 bridgehead atoms. The van der Waals surface area contributed by atoms with Crippen molar-refractivity contribution in [3.05, 3.63) is 65.5 Å². The van der Waals surface area contributed by atoms with Crippen LogP contribution in [0.25, 0.3) is 10.2 Å². The van der Waals surface area contributed by atoms with Gasteiger partial charge in [0.2, 0.25) is 10.0 Å². The van der Waals surface area contributed by atoms with Crippen molar-refractivity contribution in [2.75, 3.05) is 33.4 Å². The first-order valence-corrected chi connectivity index (χ1v) is 12.2. The standard InChI is InChI=1S/C22H23N3O5S2/c1-3-10-25-19-9-6-17(29-2)15-20(19)31-22(25)23-21(26)16-4-7-18(8-5-16)32(27,28)24-11-13-30-14-12-24/h3-9,15H,1,10-14H2,2H3. The molecule has 1 aliphatic rings. The monoisotopic (exact) mass is 473 g/mol. The number of hydrogen-bond acceptors (Lipinski definition) is 6. The van der Waals surface area contributed by atoms with E-state index in [1.165, 1.54) is 39.9 Å². The van der Waals surface area contributed by atoms with E-state index < -0.39 is 15.9 Å². The number of thiazole rings is 1. The van der Waals surface area contributed by atoms with Gasteiger partial charge in [0.15, 0.2) is 4.80 Å². The highest BCUT2D eigenvalue weighted by Gasteiger charge is 2.26. The molecular weight excluding hydrogens is 450 g/mol. The predicted octanol–water partition coefficient (Wildman–Crippen LogP) is 2.66. The molecule has 0 aliphatic carbocycles. The number of ether oxygens (including phenoxy) is 2. The summed E-state index contributed by atoms with van der Waals surface area (Å²) in [5.41, 5.74) is 1.24. The van der Waals surface area contributed by atoms with Crippen LogP contribution in [0.15, 0.2) is 65.0 Å². The maximum Gasteiger partial charge on any atom is 0.279 e. The fourth-order valence-corrected chi connectivity index (χ4v) is 5.90. The first kappa shape index (κ1) is 22.4. The Kier molecular flexibility index (Phi) is 6.56. The Balaban J connectivity index is 1.65. The second kappa shape index (κ2) is 9.37. The molecule has 1 aliphatic heterocycles. The van der Waals surface area contributed by atoms with Crippen molar-refractivity contribution in [3.63, 3.8) is 0 Å². The molecule has 8 nitrogen and oxygen atoms in total. The van der Waals surface area contributed by atoms with E-state index in [2.05, 4.69) is 11.6 Å². The molecular formula is C22H23N3O5S2. The lowest BCUT2D eigenvalue weighted by Crippen LogP contribution is -2.40. The predicted molar refractivity (Wildman–Crippen MR) is 122 cm³/mol. The van der Waals surface area contributed by atoms with Gasteiger partial charge in [0.1, 0.15) is 5.75 Å². The van der Waals surface area contributed by atoms with E-state index in [4.69, 9.17) is 9.47 Å². The quantitative estimate of drug-likeness (QED) is 0.514. The van der Waals surface area contributed by atoms with Crippen LogP contribution in [0.1, 0.15) is 10.4 Å². The second-order valence-corrected chi connectivity index (χ2v) is 10.0. The number of carbonyl (C=O) groups excluding carboxylic acids is 1. The zero-order valence-corrected chi connectivity index (χ0v) is 19.2. The first-order chi connectivity index (χ1) is 15.4. The van der Waals surface area contributed by atoms with Gasteiger partial charge in [-0.15, -0.1) is 6.58 Å². The summed E-state index contributed by atoms with van der Waals surface area (Å²) in [5.74, 6) is 0.274. The van der Waals surface area contributed by atoms with Crippen LogP contribution < -0.4 is 9.54 Å². The van der Waals surface area contributed by atoms with Gasteiger partial charge in [-0.2, -0.15) is 9.30 Å². The van der Waals surface area contributed by atoms with E-state index in [0.717, 1.165) is 16.0 Å². The van der Waals surface area contributed by atoms with Gasteiger partial charge in [0, 0.05) is 25.2 Å². The van der Waals surface area contributed by atoms with Crippen LogP contribution in [0.5, 0.6) is 5.75 Å². The Morgan fingerprint density at radius 1 is 1.22 bits per heavy atom. The molecule has 168 valence electrons. The number of allylic oxidation sites excluding steroid dienone is 1. The molecule has 1 amide bonds. The summed E-state index contributed by atoms with van der Waals surface area (Å²) in [5, 5.41) is 0. The minimum absolute atomic E-state index is 0.145. The van der Waals surface area contributed by atoms with Crippen LogP contribution in [0.2, 0.25) is 0 Å². The third-order valence-corrected chi connectivity index (χ3v) is 8.06. The average molecular weight is 474 g/mol. The van der Waals surface area contributed by atoms with Gasteiger partial charge in [0.05, 0.1) is 35.4 Å². The molecule has 0 atom stereocenters. The summed E-state index contributed by atoms with van der Waals surface area (Å²) in [7, 11) is -2.01. The molecule has 0 radical (unpaired) electrons. The summed E-state index contributed by atoms with van der Waals surface area (Å²) < 4.78 is 40.3. The molecule has 1 saturated heterocycles. The van der Waals surface area contributed by atoms with Crippen molar-refractivity contribution in [1.29, 1.82) is 0 Å². The fourth-order valence-electron chi connectivity index (χ4n) is 3.43. The highest BCUT2D eigenvalue weighted by atomic mass is 32.2. The molecule has 0 N–H and O–H groups in total. The molecule has 1 fully saturated rings. The van der Waals surface area contributed by atoms with Gasteiger partial charge in [0.25, 0.3) is 5.91 Å². The van der Waals surface area contributed by atoms with Crippen LogP contribution >= 0.6 is 11.3 Å². The summed E-state index contributed by atoms with van der Waals surface area (Å²) in [6.07, 6.45) is 1.74. The van der Waals surface area contributed by atoms with E-state index in [9.17, 15) is 13.2 Å². The lowest BCUT2D eigenvalue weighted by Gasteiger charge is -2.26. The minimum Gasteiger partial charge on any atom is -0.497 e. The number of aromatic nitrogens is 1.